The fraction of sp³-hybridized carbons (Fsp3) is 0.643. The molecule has 1 aromatic heterocycles. The van der Waals surface area contributed by atoms with Gasteiger partial charge in [-0.05, 0) is 36.0 Å². The Bertz CT molecular complexity index is 410. The minimum absolute atomic E-state index is 0.161. The molecule has 1 rings (SSSR count). The molecule has 19 heavy (non-hydrogen) atoms. The van der Waals surface area contributed by atoms with Gasteiger partial charge < -0.3 is 5.11 Å². The van der Waals surface area contributed by atoms with Gasteiger partial charge in [0.25, 0.3) is 0 Å². The molecule has 0 fully saturated rings. The van der Waals surface area contributed by atoms with Gasteiger partial charge in [0, 0.05) is 16.3 Å². The fourth-order valence-electron chi connectivity index (χ4n) is 1.65. The van der Waals surface area contributed by atoms with E-state index in [0.29, 0.717) is 13.0 Å². The molecule has 0 aliphatic heterocycles. The molecule has 2 N–H and O–H groups in total. The molecule has 3 nitrogen and oxygen atoms in total. The van der Waals surface area contributed by atoms with Crippen molar-refractivity contribution in [3.05, 3.63) is 21.9 Å². The summed E-state index contributed by atoms with van der Waals surface area (Å²) in [5.74, 6) is 0.100. The lowest BCUT2D eigenvalue weighted by Gasteiger charge is -2.15. The molecule has 1 aromatic rings. The van der Waals surface area contributed by atoms with Crippen molar-refractivity contribution in [3.8, 4) is 0 Å². The maximum absolute atomic E-state index is 11.1. The van der Waals surface area contributed by atoms with Gasteiger partial charge in [0.2, 0.25) is 0 Å². The highest BCUT2D eigenvalue weighted by Crippen LogP contribution is 2.29. The largest absolute Gasteiger partial charge is 0.480 e. The molecule has 0 radical (unpaired) electrons. The number of thiophene rings is 1. The van der Waals surface area contributed by atoms with Gasteiger partial charge >= 0.3 is 5.97 Å². The van der Waals surface area contributed by atoms with Crippen LogP contribution < -0.4 is 5.32 Å². The fourth-order valence-corrected chi connectivity index (χ4v) is 3.14. The second kappa shape index (κ2) is 7.31. The Hall–Kier alpha value is -0.520. The van der Waals surface area contributed by atoms with Gasteiger partial charge in [0.1, 0.15) is 6.04 Å². The Kier molecular flexibility index (Phi) is 6.36. The van der Waals surface area contributed by atoms with E-state index in [0.717, 1.165) is 5.75 Å². The van der Waals surface area contributed by atoms with Crippen LogP contribution in [0.5, 0.6) is 0 Å². The maximum atomic E-state index is 11.1. The highest BCUT2D eigenvalue weighted by molar-refractivity contribution is 7.98. The van der Waals surface area contributed by atoms with Crippen LogP contribution in [0.4, 0.5) is 0 Å². The van der Waals surface area contributed by atoms with Gasteiger partial charge in [-0.25, -0.2) is 0 Å². The third-order valence-electron chi connectivity index (χ3n) is 2.83. The first kappa shape index (κ1) is 16.5. The number of carboxylic acid groups (broad SMARTS) is 1. The Labute approximate surface area is 123 Å². The summed E-state index contributed by atoms with van der Waals surface area (Å²) in [5.41, 5.74) is 0.161. The number of thioether (sulfide) groups is 1. The van der Waals surface area contributed by atoms with Crippen LogP contribution in [0.3, 0.4) is 0 Å². The van der Waals surface area contributed by atoms with E-state index < -0.39 is 12.0 Å². The van der Waals surface area contributed by atoms with E-state index in [1.807, 2.05) is 6.26 Å². The minimum atomic E-state index is -0.762. The van der Waals surface area contributed by atoms with E-state index >= 15 is 0 Å². The quantitative estimate of drug-likeness (QED) is 0.811. The van der Waals surface area contributed by atoms with Crippen molar-refractivity contribution in [1.82, 2.24) is 5.32 Å². The molecule has 1 unspecified atom stereocenters. The molecule has 5 heteroatoms. The first-order valence-electron chi connectivity index (χ1n) is 6.39. The summed E-state index contributed by atoms with van der Waals surface area (Å²) in [6, 6.07) is 3.78. The molecule has 0 aliphatic carbocycles. The zero-order valence-corrected chi connectivity index (χ0v) is 13.7. The van der Waals surface area contributed by atoms with E-state index in [4.69, 9.17) is 5.11 Å². The Balaban J connectivity index is 2.54. The molecular weight excluding hydrogens is 278 g/mol. The molecule has 108 valence electrons. The van der Waals surface area contributed by atoms with Crippen LogP contribution in [0.15, 0.2) is 12.1 Å². The molecule has 0 aliphatic rings. The lowest BCUT2D eigenvalue weighted by Crippen LogP contribution is -2.36. The van der Waals surface area contributed by atoms with Crippen LogP contribution in [0.25, 0.3) is 0 Å². The normalized spacial score (nSPS) is 13.5. The number of hydrogen-bond acceptors (Lipinski definition) is 4. The summed E-state index contributed by atoms with van der Waals surface area (Å²) < 4.78 is 0. The Morgan fingerprint density at radius 2 is 2.16 bits per heavy atom. The van der Waals surface area contributed by atoms with E-state index in [2.05, 4.69) is 38.2 Å². The number of nitrogens with one attached hydrogen (secondary N) is 1. The zero-order valence-electron chi connectivity index (χ0n) is 12.0. The van der Waals surface area contributed by atoms with Gasteiger partial charge in [0.15, 0.2) is 0 Å². The molecule has 1 heterocycles. The summed E-state index contributed by atoms with van der Waals surface area (Å²) in [6.07, 6.45) is 2.65. The van der Waals surface area contributed by atoms with E-state index in [1.165, 1.54) is 9.75 Å². The number of hydrogen-bond donors (Lipinski definition) is 2. The minimum Gasteiger partial charge on any atom is -0.480 e. The monoisotopic (exact) mass is 301 g/mol. The molecular formula is C14H23NO2S2. The van der Waals surface area contributed by atoms with E-state index in [-0.39, 0.29) is 5.41 Å². The summed E-state index contributed by atoms with van der Waals surface area (Å²) in [4.78, 5) is 13.7. The zero-order chi connectivity index (χ0) is 14.5. The van der Waals surface area contributed by atoms with Crippen molar-refractivity contribution in [1.29, 1.82) is 0 Å². The maximum Gasteiger partial charge on any atom is 0.320 e. The van der Waals surface area contributed by atoms with Crippen LogP contribution in [0, 0.1) is 0 Å². The SMILES string of the molecule is CSCCC(NCc1ccc(C(C)(C)C)s1)C(=O)O. The lowest BCUT2D eigenvalue weighted by molar-refractivity contribution is -0.139. The standard InChI is InChI=1S/C14H23NO2S2/c1-14(2,3)12-6-5-10(19-12)9-15-11(13(16)17)7-8-18-4/h5-6,11,15H,7-9H2,1-4H3,(H,16,17). The highest BCUT2D eigenvalue weighted by atomic mass is 32.2. The van der Waals surface area contributed by atoms with Crippen LogP contribution >= 0.6 is 23.1 Å². The van der Waals surface area contributed by atoms with Crippen molar-refractivity contribution < 1.29 is 9.90 Å². The van der Waals surface area contributed by atoms with Crippen molar-refractivity contribution in [2.75, 3.05) is 12.0 Å². The van der Waals surface area contributed by atoms with Crippen molar-refractivity contribution in [3.63, 3.8) is 0 Å². The highest BCUT2D eigenvalue weighted by Gasteiger charge is 2.18. The van der Waals surface area contributed by atoms with Crippen molar-refractivity contribution in [2.24, 2.45) is 0 Å². The predicted molar refractivity (Wildman–Crippen MR) is 84.3 cm³/mol. The van der Waals surface area contributed by atoms with Gasteiger partial charge in [-0.2, -0.15) is 11.8 Å². The molecule has 0 saturated carbocycles. The number of aliphatic carboxylic acids is 1. The van der Waals surface area contributed by atoms with Crippen LogP contribution in [0.2, 0.25) is 0 Å². The molecule has 0 aromatic carbocycles. The number of carboxylic acids is 1. The van der Waals surface area contributed by atoms with Crippen LogP contribution in [-0.2, 0) is 16.8 Å². The van der Waals surface area contributed by atoms with Gasteiger partial charge in [-0.3, -0.25) is 10.1 Å². The summed E-state index contributed by atoms with van der Waals surface area (Å²) in [5, 5.41) is 12.3. The first-order chi connectivity index (χ1) is 8.84. The van der Waals surface area contributed by atoms with Gasteiger partial charge in [0.05, 0.1) is 0 Å². The first-order valence-corrected chi connectivity index (χ1v) is 8.60. The molecule has 0 bridgehead atoms. The summed E-state index contributed by atoms with van der Waals surface area (Å²) in [7, 11) is 0. The third kappa shape index (κ3) is 5.55. The molecule has 0 amide bonds. The molecule has 1 atom stereocenters. The van der Waals surface area contributed by atoms with Gasteiger partial charge in [-0.15, -0.1) is 11.3 Å². The average molecular weight is 301 g/mol. The van der Waals surface area contributed by atoms with E-state index in [9.17, 15) is 4.79 Å². The topological polar surface area (TPSA) is 49.3 Å². The van der Waals surface area contributed by atoms with Crippen molar-refractivity contribution in [2.45, 2.75) is 45.2 Å². The predicted octanol–water partition coefficient (Wildman–Crippen LogP) is 3.34. The summed E-state index contributed by atoms with van der Waals surface area (Å²) >= 11 is 3.43. The van der Waals surface area contributed by atoms with Crippen molar-refractivity contribution >= 4 is 29.1 Å². The molecule has 0 spiro atoms. The Morgan fingerprint density at radius 3 is 2.63 bits per heavy atom. The van der Waals surface area contributed by atoms with Crippen LogP contribution in [0.1, 0.15) is 36.9 Å². The number of carbonyl (C=O) groups is 1. The second-order valence-corrected chi connectivity index (χ2v) is 7.72. The second-order valence-electron chi connectivity index (χ2n) is 5.57. The molecule has 0 saturated heterocycles. The Morgan fingerprint density at radius 1 is 1.47 bits per heavy atom. The van der Waals surface area contributed by atoms with E-state index in [1.54, 1.807) is 23.1 Å². The van der Waals surface area contributed by atoms with Crippen LogP contribution in [-0.4, -0.2) is 29.1 Å². The average Bonchev–Trinajstić information content (AvgIpc) is 2.77. The lowest BCUT2D eigenvalue weighted by atomic mass is 9.95. The smallest absolute Gasteiger partial charge is 0.320 e. The summed E-state index contributed by atoms with van der Waals surface area (Å²) in [6.45, 7) is 7.20. The van der Waals surface area contributed by atoms with Gasteiger partial charge in [-0.1, -0.05) is 20.8 Å². The third-order valence-corrected chi connectivity index (χ3v) is 4.99. The number of rotatable bonds is 7.